The van der Waals surface area contributed by atoms with Crippen LogP contribution < -0.4 is 11.5 Å². The van der Waals surface area contributed by atoms with Gasteiger partial charge in [0.2, 0.25) is 0 Å². The molecule has 10 atom stereocenters. The molecule has 0 aromatic carbocycles. The fraction of sp³-hybridized carbons (Fsp3) is 0.577. The van der Waals surface area contributed by atoms with Gasteiger partial charge in [0.05, 0.1) is 25.9 Å². The van der Waals surface area contributed by atoms with Crippen LogP contribution in [0.25, 0.3) is 22.3 Å². The van der Waals surface area contributed by atoms with E-state index in [1.54, 1.807) is 0 Å². The van der Waals surface area contributed by atoms with E-state index in [1.165, 1.54) is 34.4 Å². The number of thiol groups is 1. The fourth-order valence-corrected chi connectivity index (χ4v) is 8.97. The first kappa shape index (κ1) is 36.4. The van der Waals surface area contributed by atoms with Gasteiger partial charge in [0.25, 0.3) is 0 Å². The average molecular weight is 791 g/mol. The van der Waals surface area contributed by atoms with Crippen molar-refractivity contribution in [2.24, 2.45) is 0 Å². The third-order valence-electron chi connectivity index (χ3n) is 8.44. The molecule has 0 saturated carbocycles. The molecule has 25 heteroatoms. The third-order valence-corrected chi connectivity index (χ3v) is 11.6. The van der Waals surface area contributed by atoms with E-state index in [4.69, 9.17) is 55.6 Å². The smallest absolute Gasteiger partial charge is 0.386 e. The summed E-state index contributed by atoms with van der Waals surface area (Å²) in [4.78, 5) is 49.1. The SMILES string of the molecule is CCCCCC(=O)O[C@@H]1[C@@H]2OP(O)(=S)OC[C@H]3O[C@@H](n4cnc5c(N)ncnc54)[C@H](F)[C@@H]3OP(=O)(S)OC[C@H]2O[C@H]1n1cnc2c(N)ncnc21. The maximum absolute atomic E-state index is 16.2. The fourth-order valence-electron chi connectivity index (χ4n) is 6.04. The van der Waals surface area contributed by atoms with E-state index in [0.29, 0.717) is 6.42 Å². The van der Waals surface area contributed by atoms with Crippen molar-refractivity contribution in [3.63, 3.8) is 0 Å². The highest BCUT2D eigenvalue weighted by Crippen LogP contribution is 2.58. The second kappa shape index (κ2) is 14.5. The number of aromatic nitrogens is 8. The molecule has 3 aliphatic heterocycles. The number of nitrogen functional groups attached to an aromatic ring is 2. The van der Waals surface area contributed by atoms with E-state index < -0.39 is 81.8 Å². The number of nitrogens with zero attached hydrogens (tertiary/aromatic N) is 8. The Morgan fingerprint density at radius 3 is 2.20 bits per heavy atom. The molecule has 3 aliphatic rings. The lowest BCUT2D eigenvalue weighted by Gasteiger charge is -2.30. The quantitative estimate of drug-likeness (QED) is 0.0907. The van der Waals surface area contributed by atoms with Gasteiger partial charge in [-0.3, -0.25) is 27.5 Å². The van der Waals surface area contributed by atoms with Gasteiger partial charge in [-0.2, -0.15) is 0 Å². The molecule has 20 nitrogen and oxygen atoms in total. The van der Waals surface area contributed by atoms with Crippen LogP contribution in [-0.2, 0) is 53.5 Å². The Hall–Kier alpha value is -2.95. The number of hydrogen-bond acceptors (Lipinski definition) is 18. The highest BCUT2D eigenvalue weighted by molar-refractivity contribution is 8.44. The highest BCUT2D eigenvalue weighted by atomic mass is 32.7. The van der Waals surface area contributed by atoms with E-state index in [2.05, 4.69) is 42.2 Å². The predicted octanol–water partition coefficient (Wildman–Crippen LogP) is 2.53. The van der Waals surface area contributed by atoms with E-state index in [9.17, 15) is 14.3 Å². The molecule has 0 spiro atoms. The Morgan fingerprint density at radius 2 is 1.55 bits per heavy atom. The molecule has 5 N–H and O–H groups in total. The van der Waals surface area contributed by atoms with Crippen molar-refractivity contribution in [1.29, 1.82) is 0 Å². The third kappa shape index (κ3) is 7.34. The number of esters is 1. The van der Waals surface area contributed by atoms with Crippen molar-refractivity contribution in [2.45, 2.75) is 81.8 Å². The summed E-state index contributed by atoms with van der Waals surface area (Å²) in [5, 5.41) is 0. The molecule has 0 amide bonds. The lowest BCUT2D eigenvalue weighted by Crippen LogP contribution is -2.40. The maximum atomic E-state index is 16.2. The Bertz CT molecular complexity index is 2030. The summed E-state index contributed by atoms with van der Waals surface area (Å²) in [6, 6.07) is 0. The van der Waals surface area contributed by atoms with Gasteiger partial charge in [-0.25, -0.2) is 38.9 Å². The number of hydrogen-bond donors (Lipinski definition) is 4. The summed E-state index contributed by atoms with van der Waals surface area (Å²) < 4.78 is 73.6. The van der Waals surface area contributed by atoms with Crippen LogP contribution in [0, 0.1) is 0 Å². The molecule has 0 radical (unpaired) electrons. The number of carbonyl (C=O) groups excluding carboxylic acids is 1. The molecule has 0 bridgehead atoms. The zero-order chi connectivity index (χ0) is 36.1. The lowest BCUT2D eigenvalue weighted by molar-refractivity contribution is -0.158. The summed E-state index contributed by atoms with van der Waals surface area (Å²) in [6.07, 6.45) is -4.23. The van der Waals surface area contributed by atoms with Gasteiger partial charge in [0, 0.05) is 6.42 Å². The van der Waals surface area contributed by atoms with Crippen molar-refractivity contribution in [3.8, 4) is 0 Å². The number of unbranched alkanes of at least 4 members (excludes halogenated alkanes) is 2. The van der Waals surface area contributed by atoms with Gasteiger partial charge < -0.3 is 35.1 Å². The van der Waals surface area contributed by atoms with Crippen LogP contribution >= 0.6 is 25.8 Å². The number of nitrogens with two attached hydrogens (primary N) is 2. The minimum absolute atomic E-state index is 0.0585. The largest absolute Gasteiger partial charge is 0.455 e. The normalized spacial score (nSPS) is 34.5. The second-order valence-corrected chi connectivity index (χ2v) is 17.5. The molecular formula is C26H33FN10O10P2S2. The number of halogens is 1. The molecule has 4 aromatic rings. The van der Waals surface area contributed by atoms with Crippen LogP contribution in [0.4, 0.5) is 16.0 Å². The van der Waals surface area contributed by atoms with Crippen molar-refractivity contribution in [2.75, 3.05) is 24.7 Å². The van der Waals surface area contributed by atoms with Gasteiger partial charge in [-0.15, -0.1) is 0 Å². The number of fused-ring (bicyclic) bond motifs is 4. The van der Waals surface area contributed by atoms with Crippen molar-refractivity contribution >= 4 is 77.5 Å². The zero-order valence-electron chi connectivity index (χ0n) is 26.7. The van der Waals surface area contributed by atoms with Crippen LogP contribution in [0.1, 0.15) is 45.1 Å². The van der Waals surface area contributed by atoms with E-state index in [-0.39, 0.29) is 40.4 Å². The van der Waals surface area contributed by atoms with Crippen molar-refractivity contribution in [1.82, 2.24) is 39.0 Å². The van der Waals surface area contributed by atoms with Crippen LogP contribution in [0.3, 0.4) is 0 Å². The molecule has 7 rings (SSSR count). The lowest BCUT2D eigenvalue weighted by atomic mass is 10.1. The first-order valence-electron chi connectivity index (χ1n) is 15.7. The molecule has 3 saturated heterocycles. The summed E-state index contributed by atoms with van der Waals surface area (Å²) >= 11 is 9.49. The number of alkyl halides is 1. The summed E-state index contributed by atoms with van der Waals surface area (Å²) in [6.45, 7) is -7.86. The van der Waals surface area contributed by atoms with E-state index in [1.807, 2.05) is 6.92 Å². The highest BCUT2D eigenvalue weighted by Gasteiger charge is 2.55. The number of rotatable bonds is 7. The number of carbonyl (C=O) groups is 1. The molecular weight excluding hydrogens is 757 g/mol. The van der Waals surface area contributed by atoms with Crippen LogP contribution in [0.2, 0.25) is 0 Å². The number of anilines is 2. The summed E-state index contributed by atoms with van der Waals surface area (Å²) in [5.41, 5.74) is 12.7. The van der Waals surface area contributed by atoms with Gasteiger partial charge in [0.1, 0.15) is 48.1 Å². The minimum atomic E-state index is -4.41. The first-order chi connectivity index (χ1) is 24.4. The number of imidazole rings is 2. The van der Waals surface area contributed by atoms with Crippen molar-refractivity contribution in [3.05, 3.63) is 25.3 Å². The predicted molar refractivity (Wildman–Crippen MR) is 181 cm³/mol. The standard InChI is InChI=1S/C26H33FN10O10P2S2/c1-2-3-4-5-14(38)45-20-19-13(44-26(20)37-11-35-17-22(29)31-9-33-24(17)37)7-42-48(39,50)46-18-12(6-41-49(40,51)47-19)43-25(15(18)27)36-10-34-16-21(28)30-8-32-23(16)36/h8-13,15,18-20,25-26H,2-7H2,1H3,(H,39,50)(H,40,51)(H2,28,30,32)(H2,29,31,33)/t12-,13-,15-,18-,19-,20-,25-,26-,48?,49?/m1/s1. The Balaban J connectivity index is 1.19. The zero-order valence-corrected chi connectivity index (χ0v) is 30.2. The topological polar surface area (TPSA) is 258 Å². The Kier molecular flexibility index (Phi) is 10.3. The van der Waals surface area contributed by atoms with E-state index in [0.717, 1.165) is 12.8 Å². The Labute approximate surface area is 298 Å². The Morgan fingerprint density at radius 1 is 0.961 bits per heavy atom. The number of ether oxygens (including phenoxy) is 3. The summed E-state index contributed by atoms with van der Waals surface area (Å²) in [7, 11) is 0. The molecule has 51 heavy (non-hydrogen) atoms. The first-order valence-corrected chi connectivity index (χ1v) is 21.0. The van der Waals surface area contributed by atoms with Crippen molar-refractivity contribution < 1.29 is 50.9 Å². The minimum Gasteiger partial charge on any atom is -0.455 e. The molecule has 0 aliphatic carbocycles. The van der Waals surface area contributed by atoms with Gasteiger partial charge in [-0.1, -0.05) is 32.0 Å². The molecule has 7 heterocycles. The van der Waals surface area contributed by atoms with Crippen LogP contribution in [0.5, 0.6) is 0 Å². The molecule has 2 unspecified atom stereocenters. The molecule has 3 fully saturated rings. The molecule has 276 valence electrons. The summed E-state index contributed by atoms with van der Waals surface area (Å²) in [5.74, 6) is -0.445. The monoisotopic (exact) mass is 790 g/mol. The van der Waals surface area contributed by atoms with Crippen LogP contribution in [-0.4, -0.2) is 99.8 Å². The van der Waals surface area contributed by atoms with Crippen LogP contribution in [0.15, 0.2) is 25.3 Å². The maximum Gasteiger partial charge on any atom is 0.386 e. The van der Waals surface area contributed by atoms with Gasteiger partial charge in [-0.05, 0) is 18.2 Å². The molecule has 4 aromatic heterocycles. The van der Waals surface area contributed by atoms with E-state index >= 15 is 4.39 Å². The average Bonchev–Trinajstić information content (AvgIpc) is 3.85. The second-order valence-electron chi connectivity index (χ2n) is 11.8. The van der Waals surface area contributed by atoms with Gasteiger partial charge in [0.15, 0.2) is 47.7 Å². The van der Waals surface area contributed by atoms with Gasteiger partial charge >= 0.3 is 19.5 Å².